The molecule has 0 rings (SSSR count). The fraction of sp³-hybridized carbons (Fsp3) is 0.818. The van der Waals surface area contributed by atoms with Crippen LogP contribution in [-0.2, 0) is 9.53 Å². The number of carbonyl (C=O) groups excluding carboxylic acids is 1. The van der Waals surface area contributed by atoms with Gasteiger partial charge in [-0.05, 0) is 25.7 Å². The van der Waals surface area contributed by atoms with Gasteiger partial charge in [0.25, 0.3) is 0 Å². The van der Waals surface area contributed by atoms with Crippen LogP contribution in [0.25, 0.3) is 0 Å². The van der Waals surface area contributed by atoms with Crippen LogP contribution in [0.5, 0.6) is 0 Å². The van der Waals surface area contributed by atoms with Crippen molar-refractivity contribution >= 4 is 12.1 Å². The third kappa shape index (κ3) is 6.27. The largest absolute Gasteiger partial charge is 0.480 e. The molecule has 0 aromatic rings. The summed E-state index contributed by atoms with van der Waals surface area (Å²) in [7, 11) is 0. The smallest absolute Gasteiger partial charge is 0.408 e. The normalized spacial score (nSPS) is 14.3. The van der Waals surface area contributed by atoms with Crippen molar-refractivity contribution in [3.8, 4) is 0 Å². The van der Waals surface area contributed by atoms with E-state index in [0.717, 1.165) is 0 Å². The quantitative estimate of drug-likeness (QED) is 0.733. The average molecular weight is 231 g/mol. The summed E-state index contributed by atoms with van der Waals surface area (Å²) >= 11 is 0. The van der Waals surface area contributed by atoms with Crippen molar-refractivity contribution in [2.75, 3.05) is 0 Å². The second kappa shape index (κ2) is 7.09. The molecule has 2 atom stereocenters. The van der Waals surface area contributed by atoms with Gasteiger partial charge in [0, 0.05) is 0 Å². The molecule has 0 aliphatic heterocycles. The van der Waals surface area contributed by atoms with Gasteiger partial charge >= 0.3 is 12.1 Å². The average Bonchev–Trinajstić information content (AvgIpc) is 2.15. The number of alkyl carbamates (subject to hydrolysis) is 1. The molecule has 0 saturated carbocycles. The lowest BCUT2D eigenvalue weighted by Crippen LogP contribution is -2.42. The third-order valence-corrected chi connectivity index (χ3v) is 2.18. The van der Waals surface area contributed by atoms with E-state index >= 15 is 0 Å². The number of hydrogen-bond donors (Lipinski definition) is 2. The minimum atomic E-state index is -1.03. The summed E-state index contributed by atoms with van der Waals surface area (Å²) in [6, 6.07) is -0.878. The van der Waals surface area contributed by atoms with Crippen molar-refractivity contribution in [2.24, 2.45) is 5.92 Å². The van der Waals surface area contributed by atoms with Crippen molar-refractivity contribution in [3.63, 3.8) is 0 Å². The lowest BCUT2D eigenvalue weighted by atomic mass is 10.0. The SMILES string of the molecule is CCC(C)OC(=O)NC(CC(C)C)C(=O)O. The minimum absolute atomic E-state index is 0.199. The first kappa shape index (κ1) is 14.7. The van der Waals surface area contributed by atoms with Gasteiger partial charge in [0.05, 0.1) is 0 Å². The number of ether oxygens (including phenoxy) is 1. The first-order valence-corrected chi connectivity index (χ1v) is 5.56. The first-order chi connectivity index (χ1) is 7.36. The summed E-state index contributed by atoms with van der Waals surface area (Å²) in [5, 5.41) is 11.2. The molecule has 0 spiro atoms. The van der Waals surface area contributed by atoms with Crippen molar-refractivity contribution in [1.29, 1.82) is 0 Å². The Morgan fingerprint density at radius 3 is 2.25 bits per heavy atom. The molecule has 2 unspecified atom stereocenters. The standard InChI is InChI=1S/C11H21NO4/c1-5-8(4)16-11(15)12-9(10(13)14)6-7(2)3/h7-9H,5-6H2,1-4H3,(H,12,15)(H,13,14). The van der Waals surface area contributed by atoms with Gasteiger partial charge in [0.15, 0.2) is 0 Å². The van der Waals surface area contributed by atoms with Gasteiger partial charge in [-0.15, -0.1) is 0 Å². The van der Waals surface area contributed by atoms with Crippen molar-refractivity contribution in [3.05, 3.63) is 0 Å². The molecule has 16 heavy (non-hydrogen) atoms. The summed E-state index contributed by atoms with van der Waals surface area (Å²) in [6.45, 7) is 7.45. The monoisotopic (exact) mass is 231 g/mol. The van der Waals surface area contributed by atoms with E-state index in [4.69, 9.17) is 9.84 Å². The van der Waals surface area contributed by atoms with Crippen molar-refractivity contribution in [2.45, 2.75) is 52.7 Å². The lowest BCUT2D eigenvalue weighted by molar-refractivity contribution is -0.139. The molecule has 0 aromatic carbocycles. The molecular weight excluding hydrogens is 210 g/mol. The highest BCUT2D eigenvalue weighted by molar-refractivity contribution is 5.79. The van der Waals surface area contributed by atoms with E-state index in [1.165, 1.54) is 0 Å². The van der Waals surface area contributed by atoms with E-state index in [9.17, 15) is 9.59 Å². The van der Waals surface area contributed by atoms with E-state index in [-0.39, 0.29) is 12.0 Å². The summed E-state index contributed by atoms with van der Waals surface area (Å²) in [5.41, 5.74) is 0. The molecule has 1 amide bonds. The maximum absolute atomic E-state index is 11.3. The number of carboxylic acid groups (broad SMARTS) is 1. The lowest BCUT2D eigenvalue weighted by Gasteiger charge is -2.18. The summed E-state index contributed by atoms with van der Waals surface area (Å²) in [6.07, 6.45) is 0.233. The Kier molecular flexibility index (Phi) is 6.53. The molecule has 2 N–H and O–H groups in total. The van der Waals surface area contributed by atoms with Crippen LogP contribution in [0, 0.1) is 5.92 Å². The second-order valence-corrected chi connectivity index (χ2v) is 4.29. The van der Waals surface area contributed by atoms with Crippen LogP contribution in [-0.4, -0.2) is 29.3 Å². The van der Waals surface area contributed by atoms with Crippen LogP contribution in [0.2, 0.25) is 0 Å². The number of carboxylic acids is 1. The molecule has 94 valence electrons. The molecule has 0 radical (unpaired) electrons. The number of carbonyl (C=O) groups is 2. The van der Waals surface area contributed by atoms with Crippen LogP contribution in [0.1, 0.15) is 40.5 Å². The van der Waals surface area contributed by atoms with E-state index in [0.29, 0.717) is 12.8 Å². The van der Waals surface area contributed by atoms with E-state index in [1.807, 2.05) is 20.8 Å². The zero-order chi connectivity index (χ0) is 12.7. The van der Waals surface area contributed by atoms with Gasteiger partial charge in [-0.2, -0.15) is 0 Å². The van der Waals surface area contributed by atoms with Crippen molar-refractivity contribution in [1.82, 2.24) is 5.32 Å². The highest BCUT2D eigenvalue weighted by Gasteiger charge is 2.22. The molecule has 0 aliphatic rings. The van der Waals surface area contributed by atoms with E-state index < -0.39 is 18.1 Å². The summed E-state index contributed by atoms with van der Waals surface area (Å²) in [5.74, 6) is -0.834. The maximum Gasteiger partial charge on any atom is 0.408 e. The molecule has 0 aromatic heterocycles. The number of amides is 1. The summed E-state index contributed by atoms with van der Waals surface area (Å²) in [4.78, 5) is 22.2. The Hall–Kier alpha value is -1.26. The van der Waals surface area contributed by atoms with E-state index in [1.54, 1.807) is 6.92 Å². The molecule has 5 nitrogen and oxygen atoms in total. The predicted octanol–water partition coefficient (Wildman–Crippen LogP) is 2.01. The van der Waals surface area contributed by atoms with Crippen molar-refractivity contribution < 1.29 is 19.4 Å². The van der Waals surface area contributed by atoms with Crippen LogP contribution in [0.4, 0.5) is 4.79 Å². The Morgan fingerprint density at radius 1 is 1.31 bits per heavy atom. The number of nitrogens with one attached hydrogen (secondary N) is 1. The number of hydrogen-bond acceptors (Lipinski definition) is 3. The molecule has 0 heterocycles. The first-order valence-electron chi connectivity index (χ1n) is 5.56. The number of rotatable bonds is 6. The molecule has 5 heteroatoms. The van der Waals surface area contributed by atoms with Gasteiger partial charge in [-0.3, -0.25) is 0 Å². The summed E-state index contributed by atoms with van der Waals surface area (Å²) < 4.78 is 4.95. The second-order valence-electron chi connectivity index (χ2n) is 4.29. The van der Waals surface area contributed by atoms with Crippen LogP contribution in [0.15, 0.2) is 0 Å². The molecule has 0 aliphatic carbocycles. The number of aliphatic carboxylic acids is 1. The minimum Gasteiger partial charge on any atom is -0.480 e. The van der Waals surface area contributed by atoms with Gasteiger partial charge in [0.2, 0.25) is 0 Å². The molecule has 0 saturated heterocycles. The highest BCUT2D eigenvalue weighted by atomic mass is 16.6. The van der Waals surface area contributed by atoms with Gasteiger partial charge in [-0.25, -0.2) is 9.59 Å². The zero-order valence-corrected chi connectivity index (χ0v) is 10.3. The fourth-order valence-corrected chi connectivity index (χ4v) is 1.14. The van der Waals surface area contributed by atoms with Crippen LogP contribution < -0.4 is 5.32 Å². The molecular formula is C11H21NO4. The van der Waals surface area contributed by atoms with Gasteiger partial charge < -0.3 is 15.2 Å². The van der Waals surface area contributed by atoms with Crippen LogP contribution in [0.3, 0.4) is 0 Å². The topological polar surface area (TPSA) is 75.6 Å². The molecule has 0 bridgehead atoms. The fourth-order valence-electron chi connectivity index (χ4n) is 1.14. The predicted molar refractivity (Wildman–Crippen MR) is 60.2 cm³/mol. The third-order valence-electron chi connectivity index (χ3n) is 2.18. The zero-order valence-electron chi connectivity index (χ0n) is 10.3. The van der Waals surface area contributed by atoms with Gasteiger partial charge in [0.1, 0.15) is 12.1 Å². The van der Waals surface area contributed by atoms with Crippen LogP contribution >= 0.6 is 0 Å². The maximum atomic E-state index is 11.3. The Bertz CT molecular complexity index is 240. The van der Waals surface area contributed by atoms with Gasteiger partial charge in [-0.1, -0.05) is 20.8 Å². The Balaban J connectivity index is 4.18. The molecule has 0 fully saturated rings. The van der Waals surface area contributed by atoms with E-state index in [2.05, 4.69) is 5.32 Å². The Labute approximate surface area is 96.2 Å². The highest BCUT2D eigenvalue weighted by Crippen LogP contribution is 2.06. The Morgan fingerprint density at radius 2 is 1.88 bits per heavy atom.